The molecule has 0 aliphatic carbocycles. The number of rotatable bonds is 3. The van der Waals surface area contributed by atoms with E-state index in [1.165, 1.54) is 0 Å². The van der Waals surface area contributed by atoms with Gasteiger partial charge in [-0.1, -0.05) is 10.3 Å². The number of furan rings is 1. The van der Waals surface area contributed by atoms with E-state index in [1.807, 2.05) is 0 Å². The smallest absolute Gasteiger partial charge is 0.293 e. The van der Waals surface area contributed by atoms with Crippen LogP contribution in [0, 0.1) is 6.92 Å². The average Bonchev–Trinajstić information content (AvgIpc) is 3.00. The first kappa shape index (κ1) is 9.76. The maximum Gasteiger partial charge on any atom is 0.293 e. The fraction of sp³-hybridized carbons (Fsp3) is 0.200. The second kappa shape index (κ2) is 3.85. The van der Waals surface area contributed by atoms with Gasteiger partial charge in [-0.05, 0) is 12.1 Å². The minimum absolute atomic E-state index is 0.338. The molecule has 86 valence electrons. The lowest BCUT2D eigenvalue weighted by atomic mass is 10.4. The Kier molecular flexibility index (Phi) is 2.21. The molecule has 0 unspecified atom stereocenters. The topological polar surface area (TPSA) is 91.0 Å². The SMILES string of the molecule is Cc1nc(Cc2noc(-c3ccco3)n2)no1. The first-order valence-electron chi connectivity index (χ1n) is 4.97. The summed E-state index contributed by atoms with van der Waals surface area (Å²) in [5.41, 5.74) is 0. The molecule has 0 fully saturated rings. The predicted octanol–water partition coefficient (Wildman–Crippen LogP) is 1.61. The average molecular weight is 232 g/mol. The van der Waals surface area contributed by atoms with Crippen molar-refractivity contribution < 1.29 is 13.5 Å². The molecule has 0 bridgehead atoms. The Morgan fingerprint density at radius 2 is 1.94 bits per heavy atom. The molecule has 0 radical (unpaired) electrons. The number of hydrogen-bond donors (Lipinski definition) is 0. The molecule has 0 atom stereocenters. The molecule has 0 aliphatic rings. The zero-order chi connectivity index (χ0) is 11.7. The lowest BCUT2D eigenvalue weighted by Crippen LogP contribution is -1.93. The van der Waals surface area contributed by atoms with Crippen molar-refractivity contribution in [2.24, 2.45) is 0 Å². The molecule has 0 N–H and O–H groups in total. The summed E-state index contributed by atoms with van der Waals surface area (Å²) in [6.07, 6.45) is 1.91. The summed E-state index contributed by atoms with van der Waals surface area (Å²) in [6, 6.07) is 3.50. The van der Waals surface area contributed by atoms with Crippen LogP contribution >= 0.6 is 0 Å². The highest BCUT2D eigenvalue weighted by atomic mass is 16.5. The fourth-order valence-corrected chi connectivity index (χ4v) is 1.38. The van der Waals surface area contributed by atoms with Crippen molar-refractivity contribution in [2.45, 2.75) is 13.3 Å². The molecule has 0 saturated carbocycles. The Labute approximate surface area is 95.4 Å². The lowest BCUT2D eigenvalue weighted by Gasteiger charge is -1.84. The Morgan fingerprint density at radius 1 is 1.12 bits per heavy atom. The first-order valence-corrected chi connectivity index (χ1v) is 4.97. The number of hydrogen-bond acceptors (Lipinski definition) is 7. The Bertz CT molecular complexity index is 611. The lowest BCUT2D eigenvalue weighted by molar-refractivity contribution is 0.386. The van der Waals surface area contributed by atoms with Gasteiger partial charge in [0.2, 0.25) is 5.89 Å². The van der Waals surface area contributed by atoms with Crippen LogP contribution in [0.25, 0.3) is 11.7 Å². The second-order valence-corrected chi connectivity index (χ2v) is 3.40. The molecule has 3 heterocycles. The van der Waals surface area contributed by atoms with Gasteiger partial charge >= 0.3 is 0 Å². The van der Waals surface area contributed by atoms with Gasteiger partial charge in [-0.15, -0.1) is 0 Å². The second-order valence-electron chi connectivity index (χ2n) is 3.40. The van der Waals surface area contributed by atoms with Gasteiger partial charge in [0.1, 0.15) is 0 Å². The molecule has 7 heteroatoms. The van der Waals surface area contributed by atoms with Crippen molar-refractivity contribution in [3.8, 4) is 11.7 Å². The predicted molar refractivity (Wildman–Crippen MR) is 53.8 cm³/mol. The molecule has 0 spiro atoms. The summed E-state index contributed by atoms with van der Waals surface area (Å²) < 4.78 is 15.0. The zero-order valence-corrected chi connectivity index (χ0v) is 8.95. The van der Waals surface area contributed by atoms with E-state index in [4.69, 9.17) is 13.5 Å². The van der Waals surface area contributed by atoms with Crippen LogP contribution in [-0.2, 0) is 6.42 Å². The van der Waals surface area contributed by atoms with E-state index in [0.29, 0.717) is 35.6 Å². The van der Waals surface area contributed by atoms with Crippen LogP contribution in [0.2, 0.25) is 0 Å². The molecule has 0 amide bonds. The summed E-state index contributed by atoms with van der Waals surface area (Å²) in [4.78, 5) is 8.22. The number of aromatic nitrogens is 4. The standard InChI is InChI=1S/C10H8N4O3/c1-6-11-8(13-16-6)5-9-12-10(17-14-9)7-3-2-4-15-7/h2-4H,5H2,1H3. The third-order valence-electron chi connectivity index (χ3n) is 2.09. The van der Waals surface area contributed by atoms with Crippen LogP contribution < -0.4 is 0 Å². The van der Waals surface area contributed by atoms with Crippen molar-refractivity contribution in [3.63, 3.8) is 0 Å². The molecule has 3 aromatic rings. The molecular weight excluding hydrogens is 224 g/mol. The molecular formula is C10H8N4O3. The summed E-state index contributed by atoms with van der Waals surface area (Å²) in [7, 11) is 0. The van der Waals surface area contributed by atoms with Gasteiger partial charge < -0.3 is 13.5 Å². The van der Waals surface area contributed by atoms with E-state index in [9.17, 15) is 0 Å². The van der Waals surface area contributed by atoms with E-state index in [-0.39, 0.29) is 0 Å². The molecule has 0 aromatic carbocycles. The quantitative estimate of drug-likeness (QED) is 0.677. The molecule has 0 saturated heterocycles. The summed E-state index contributed by atoms with van der Waals surface area (Å²) in [5, 5.41) is 7.56. The third kappa shape index (κ3) is 1.94. The summed E-state index contributed by atoms with van der Waals surface area (Å²) in [5.74, 6) is 2.39. The molecule has 3 aromatic heterocycles. The maximum atomic E-state index is 5.14. The minimum Gasteiger partial charge on any atom is -0.459 e. The molecule has 17 heavy (non-hydrogen) atoms. The first-order chi connectivity index (χ1) is 8.31. The van der Waals surface area contributed by atoms with Gasteiger partial charge in [-0.25, -0.2) is 0 Å². The highest BCUT2D eigenvalue weighted by Crippen LogP contribution is 2.17. The van der Waals surface area contributed by atoms with Crippen LogP contribution in [0.3, 0.4) is 0 Å². The van der Waals surface area contributed by atoms with E-state index in [1.54, 1.807) is 25.3 Å². The minimum atomic E-state index is 0.338. The summed E-state index contributed by atoms with van der Waals surface area (Å²) >= 11 is 0. The normalized spacial score (nSPS) is 10.9. The van der Waals surface area contributed by atoms with Gasteiger partial charge in [0.05, 0.1) is 12.7 Å². The monoisotopic (exact) mass is 232 g/mol. The van der Waals surface area contributed by atoms with Crippen LogP contribution in [0.1, 0.15) is 17.5 Å². The highest BCUT2D eigenvalue weighted by Gasteiger charge is 2.13. The number of aryl methyl sites for hydroxylation is 1. The van der Waals surface area contributed by atoms with E-state index >= 15 is 0 Å². The van der Waals surface area contributed by atoms with Crippen LogP contribution in [0.4, 0.5) is 0 Å². The molecule has 0 aliphatic heterocycles. The van der Waals surface area contributed by atoms with Crippen LogP contribution in [-0.4, -0.2) is 20.3 Å². The molecule has 7 nitrogen and oxygen atoms in total. The zero-order valence-electron chi connectivity index (χ0n) is 8.95. The molecule has 3 rings (SSSR count). The van der Waals surface area contributed by atoms with E-state index in [2.05, 4.69) is 20.3 Å². The van der Waals surface area contributed by atoms with Crippen LogP contribution in [0.15, 0.2) is 31.9 Å². The van der Waals surface area contributed by atoms with Gasteiger partial charge in [0.15, 0.2) is 17.4 Å². The Morgan fingerprint density at radius 3 is 2.65 bits per heavy atom. The van der Waals surface area contributed by atoms with Crippen molar-refractivity contribution in [1.82, 2.24) is 20.3 Å². The third-order valence-corrected chi connectivity index (χ3v) is 2.09. The maximum absolute atomic E-state index is 5.14. The van der Waals surface area contributed by atoms with Crippen molar-refractivity contribution >= 4 is 0 Å². The van der Waals surface area contributed by atoms with E-state index in [0.717, 1.165) is 0 Å². The van der Waals surface area contributed by atoms with Crippen molar-refractivity contribution in [3.05, 3.63) is 35.9 Å². The number of nitrogens with zero attached hydrogens (tertiary/aromatic N) is 4. The Hall–Kier alpha value is -2.44. The van der Waals surface area contributed by atoms with Gasteiger partial charge in [0.25, 0.3) is 5.89 Å². The van der Waals surface area contributed by atoms with Crippen molar-refractivity contribution in [2.75, 3.05) is 0 Å². The van der Waals surface area contributed by atoms with Gasteiger partial charge in [0, 0.05) is 6.92 Å². The van der Waals surface area contributed by atoms with E-state index < -0.39 is 0 Å². The largest absolute Gasteiger partial charge is 0.459 e. The Balaban J connectivity index is 1.81. The van der Waals surface area contributed by atoms with Crippen molar-refractivity contribution in [1.29, 1.82) is 0 Å². The van der Waals surface area contributed by atoms with Gasteiger partial charge in [-0.3, -0.25) is 0 Å². The van der Waals surface area contributed by atoms with Gasteiger partial charge in [-0.2, -0.15) is 9.97 Å². The van der Waals surface area contributed by atoms with Crippen LogP contribution in [0.5, 0.6) is 0 Å². The highest BCUT2D eigenvalue weighted by molar-refractivity contribution is 5.42. The summed E-state index contributed by atoms with van der Waals surface area (Å²) in [6.45, 7) is 1.72. The fourth-order valence-electron chi connectivity index (χ4n) is 1.38.